The molecule has 1 aromatic carbocycles. The van der Waals surface area contributed by atoms with Gasteiger partial charge in [-0.25, -0.2) is 37.4 Å². The molecule has 0 unspecified atom stereocenters. The van der Waals surface area contributed by atoms with Crippen molar-refractivity contribution in [2.24, 2.45) is 11.1 Å². The molecule has 1 amide bonds. The summed E-state index contributed by atoms with van der Waals surface area (Å²) in [5.74, 6) is -3.30. The van der Waals surface area contributed by atoms with Gasteiger partial charge in [0, 0.05) is 64.3 Å². The van der Waals surface area contributed by atoms with Crippen LogP contribution < -0.4 is 25.4 Å². The molecule has 18 heteroatoms. The first-order chi connectivity index (χ1) is 24.7. The second-order valence-corrected chi connectivity index (χ2v) is 15.6. The summed E-state index contributed by atoms with van der Waals surface area (Å²) in [7, 11) is -3.96. The van der Waals surface area contributed by atoms with Crippen molar-refractivity contribution < 1.29 is 30.8 Å². The van der Waals surface area contributed by atoms with Crippen molar-refractivity contribution >= 4 is 39.4 Å². The van der Waals surface area contributed by atoms with Gasteiger partial charge in [0.25, 0.3) is 16.1 Å². The Morgan fingerprint density at radius 3 is 2.46 bits per heavy atom. The Morgan fingerprint density at radius 1 is 1.04 bits per heavy atom. The van der Waals surface area contributed by atoms with E-state index in [2.05, 4.69) is 44.0 Å². The summed E-state index contributed by atoms with van der Waals surface area (Å²) in [6.07, 6.45) is 4.81. The second kappa shape index (κ2) is 17.6. The van der Waals surface area contributed by atoms with Gasteiger partial charge in [0.2, 0.25) is 0 Å². The number of aromatic nitrogens is 2. The highest BCUT2D eigenvalue weighted by Gasteiger charge is 2.36. The van der Waals surface area contributed by atoms with Crippen molar-refractivity contribution in [3.8, 4) is 0 Å². The van der Waals surface area contributed by atoms with Gasteiger partial charge in [0.1, 0.15) is 5.83 Å². The van der Waals surface area contributed by atoms with Crippen LogP contribution in [0.15, 0.2) is 41.5 Å². The van der Waals surface area contributed by atoms with E-state index in [4.69, 9.17) is 21.7 Å². The van der Waals surface area contributed by atoms with Gasteiger partial charge in [0.15, 0.2) is 39.9 Å². The summed E-state index contributed by atoms with van der Waals surface area (Å²) in [4.78, 5) is 29.3. The van der Waals surface area contributed by atoms with Crippen LogP contribution in [0.25, 0.3) is 0 Å². The van der Waals surface area contributed by atoms with Crippen molar-refractivity contribution in [3.63, 3.8) is 0 Å². The maximum absolute atomic E-state index is 14.0. The number of hydrogen-bond acceptors (Lipinski definition) is 9. The molecule has 0 radical (unpaired) electrons. The van der Waals surface area contributed by atoms with Gasteiger partial charge in [-0.2, -0.15) is 8.42 Å². The van der Waals surface area contributed by atoms with Crippen LogP contribution in [0.3, 0.4) is 0 Å². The van der Waals surface area contributed by atoms with Crippen LogP contribution in [0.2, 0.25) is 5.15 Å². The first-order valence-electron chi connectivity index (χ1n) is 17.4. The molecule has 1 atom stereocenters. The van der Waals surface area contributed by atoms with Crippen LogP contribution in [0, 0.1) is 17.6 Å². The Labute approximate surface area is 307 Å². The number of piperazine rings is 1. The highest BCUT2D eigenvalue weighted by atomic mass is 35.5. The molecule has 0 bridgehead atoms. The van der Waals surface area contributed by atoms with Crippen LogP contribution in [0.4, 0.5) is 29.2 Å². The van der Waals surface area contributed by atoms with E-state index in [-0.39, 0.29) is 48.8 Å². The summed E-state index contributed by atoms with van der Waals surface area (Å²) in [6, 6.07) is 3.96. The van der Waals surface area contributed by atoms with E-state index in [1.165, 1.54) is 12.1 Å². The molecular formula is C34H46ClF4N9O3S. The fraction of sp³-hybridized carbons (Fsp3) is 0.559. The van der Waals surface area contributed by atoms with Crippen molar-refractivity contribution in [2.75, 3.05) is 62.6 Å². The number of likely N-dealkylation sites (tertiary alicyclic amines) is 1. The zero-order valence-corrected chi connectivity index (χ0v) is 30.8. The normalized spacial score (nSPS) is 19.7. The second-order valence-electron chi connectivity index (χ2n) is 13.9. The molecule has 1 aromatic heterocycles. The SMILES string of the molecule is CC(C)C[C@H]1CN(c2nc(NCc3ccc(F)c(F)c3)c(C(=O)NCCNS(N)(=O)=O)nc2Cl)CCN1C1CCN(CC2=CC(F)=C(F)CC2)CC1. The number of amides is 1. The van der Waals surface area contributed by atoms with Gasteiger partial charge < -0.3 is 15.5 Å². The highest BCUT2D eigenvalue weighted by Crippen LogP contribution is 2.32. The van der Waals surface area contributed by atoms with Crippen LogP contribution in [0.5, 0.6) is 0 Å². The molecule has 2 saturated heterocycles. The number of carbonyl (C=O) groups excluding carboxylic acids is 1. The Morgan fingerprint density at radius 2 is 1.79 bits per heavy atom. The molecule has 52 heavy (non-hydrogen) atoms. The van der Waals surface area contributed by atoms with Crippen LogP contribution in [-0.4, -0.2) is 98.5 Å². The fourth-order valence-electron chi connectivity index (χ4n) is 7.01. The summed E-state index contributed by atoms with van der Waals surface area (Å²) < 4.78 is 79.4. The molecule has 12 nitrogen and oxygen atoms in total. The first-order valence-corrected chi connectivity index (χ1v) is 19.4. The molecule has 5 N–H and O–H groups in total. The topological polar surface area (TPSA) is 149 Å². The first kappa shape index (κ1) is 39.8. The van der Waals surface area contributed by atoms with E-state index in [0.29, 0.717) is 49.4 Å². The van der Waals surface area contributed by atoms with Crippen LogP contribution in [-0.2, 0) is 16.8 Å². The number of rotatable bonds is 14. The van der Waals surface area contributed by atoms with E-state index in [1.807, 2.05) is 4.90 Å². The molecule has 0 saturated carbocycles. The Kier molecular flexibility index (Phi) is 13.5. The minimum absolute atomic E-state index is 0.000534. The summed E-state index contributed by atoms with van der Waals surface area (Å²) >= 11 is 6.71. The number of nitrogens with one attached hydrogen (secondary N) is 3. The lowest BCUT2D eigenvalue weighted by Crippen LogP contribution is -2.59. The number of allylic oxidation sites excluding steroid dienone is 3. The number of hydrogen-bond donors (Lipinski definition) is 4. The summed E-state index contributed by atoms with van der Waals surface area (Å²) in [5, 5.41) is 10.5. The third kappa shape index (κ3) is 10.9. The van der Waals surface area contributed by atoms with Gasteiger partial charge in [-0.1, -0.05) is 37.1 Å². The molecule has 1 aliphatic carbocycles. The van der Waals surface area contributed by atoms with E-state index in [0.717, 1.165) is 56.6 Å². The molecule has 5 rings (SSSR count). The Hall–Kier alpha value is -3.35. The molecule has 2 fully saturated rings. The lowest BCUT2D eigenvalue weighted by molar-refractivity contribution is 0.0585. The number of nitrogens with zero attached hydrogens (tertiary/aromatic N) is 5. The smallest absolute Gasteiger partial charge is 0.274 e. The van der Waals surface area contributed by atoms with Crippen molar-refractivity contribution in [1.82, 2.24) is 29.8 Å². The number of benzene rings is 1. The largest absolute Gasteiger partial charge is 0.364 e. The zero-order valence-electron chi connectivity index (χ0n) is 29.3. The number of piperidine rings is 1. The molecule has 0 spiro atoms. The average molecular weight is 772 g/mol. The van der Waals surface area contributed by atoms with Crippen molar-refractivity contribution in [1.29, 1.82) is 0 Å². The monoisotopic (exact) mass is 771 g/mol. The minimum Gasteiger partial charge on any atom is -0.364 e. The van der Waals surface area contributed by atoms with Gasteiger partial charge in [-0.3, -0.25) is 14.6 Å². The van der Waals surface area contributed by atoms with E-state index in [9.17, 15) is 30.8 Å². The third-order valence-corrected chi connectivity index (χ3v) is 10.3. The van der Waals surface area contributed by atoms with Gasteiger partial charge in [-0.05, 0) is 68.5 Å². The standard InChI is InChI=1S/C34H46ClF4N9O3S/c1-21(2)15-25-20-47(13-14-48(25)24-7-11-46(12-8-24)19-23-4-6-27(37)29(39)17-23)33-31(35)44-30(34(49)41-9-10-43-52(40,50)51)32(45-33)42-18-22-3-5-26(36)28(38)16-22/h3,5,16-17,21,24-25,43H,4,6-15,18-20H2,1-2H3,(H,41,49)(H,42,45)(H2,40,50,51)/t25-/m0/s1. The number of carbonyl (C=O) groups is 1. The quantitative estimate of drug-likeness (QED) is 0.162. The van der Waals surface area contributed by atoms with E-state index < -0.39 is 39.4 Å². The zero-order chi connectivity index (χ0) is 37.6. The average Bonchev–Trinajstić information content (AvgIpc) is 3.09. The van der Waals surface area contributed by atoms with E-state index >= 15 is 0 Å². The summed E-state index contributed by atoms with van der Waals surface area (Å²) in [6.45, 7) is 8.33. The van der Waals surface area contributed by atoms with Crippen molar-refractivity contribution in [3.05, 3.63) is 69.5 Å². The van der Waals surface area contributed by atoms with Gasteiger partial charge in [-0.15, -0.1) is 0 Å². The van der Waals surface area contributed by atoms with Crippen LogP contribution in [0.1, 0.15) is 62.0 Å². The maximum atomic E-state index is 14.0. The van der Waals surface area contributed by atoms with Gasteiger partial charge >= 0.3 is 0 Å². The predicted molar refractivity (Wildman–Crippen MR) is 192 cm³/mol. The predicted octanol–water partition coefficient (Wildman–Crippen LogP) is 4.42. The molecule has 286 valence electrons. The van der Waals surface area contributed by atoms with Crippen LogP contribution >= 0.6 is 11.6 Å². The third-order valence-electron chi connectivity index (χ3n) is 9.49. The minimum atomic E-state index is -3.96. The number of nitrogens with two attached hydrogens (primary N) is 1. The Balaban J connectivity index is 1.30. The lowest BCUT2D eigenvalue weighted by Gasteiger charge is -2.48. The van der Waals surface area contributed by atoms with Crippen molar-refractivity contribution in [2.45, 2.75) is 64.6 Å². The fourth-order valence-corrected chi connectivity index (χ4v) is 7.65. The maximum Gasteiger partial charge on any atom is 0.274 e. The molecule has 2 aliphatic heterocycles. The lowest BCUT2D eigenvalue weighted by atomic mass is 9.94. The Bertz CT molecular complexity index is 1770. The number of anilines is 2. The van der Waals surface area contributed by atoms with Gasteiger partial charge in [0.05, 0.1) is 0 Å². The molecule has 3 aliphatic rings. The highest BCUT2D eigenvalue weighted by molar-refractivity contribution is 7.87. The molecule has 3 heterocycles. The molecule has 2 aromatic rings. The molecular weight excluding hydrogens is 726 g/mol. The van der Waals surface area contributed by atoms with E-state index in [1.54, 1.807) is 0 Å². The summed E-state index contributed by atoms with van der Waals surface area (Å²) in [5.41, 5.74) is 1.15. The number of halogens is 5.